The molecule has 104 valence electrons. The molecule has 0 bridgehead atoms. The van der Waals surface area contributed by atoms with E-state index in [1.807, 2.05) is 6.92 Å². The van der Waals surface area contributed by atoms with Crippen LogP contribution in [0.2, 0.25) is 0 Å². The molecule has 0 amide bonds. The van der Waals surface area contributed by atoms with Crippen molar-refractivity contribution < 1.29 is 23.7 Å². The van der Waals surface area contributed by atoms with Crippen molar-refractivity contribution in [1.82, 2.24) is 0 Å². The number of carbonyl (C=O) groups excluding carboxylic acids is 1. The molecule has 0 saturated carbocycles. The summed E-state index contributed by atoms with van der Waals surface area (Å²) in [6.45, 7) is 12.1. The third-order valence-corrected chi connectivity index (χ3v) is 1.92. The molecule has 0 heterocycles. The third-order valence-electron chi connectivity index (χ3n) is 1.92. The Morgan fingerprint density at radius 2 is 1.89 bits per heavy atom. The molecule has 5 heteroatoms. The standard InChI is InChI=1S/C13H22O5/c1-5-13(14)18-12(4)10-16-7-8-17-11(3)9-15-6-2/h5-6,11-12H,1-2,7-10H2,3-4H3. The molecule has 0 aliphatic heterocycles. The van der Waals surface area contributed by atoms with Crippen molar-refractivity contribution in [2.75, 3.05) is 26.4 Å². The zero-order chi connectivity index (χ0) is 13.8. The van der Waals surface area contributed by atoms with E-state index < -0.39 is 5.97 Å². The molecule has 0 rings (SSSR count). The van der Waals surface area contributed by atoms with Gasteiger partial charge in [0, 0.05) is 6.08 Å². The molecule has 0 saturated heterocycles. The van der Waals surface area contributed by atoms with Gasteiger partial charge in [0.1, 0.15) is 12.7 Å². The normalized spacial score (nSPS) is 13.4. The molecular weight excluding hydrogens is 236 g/mol. The van der Waals surface area contributed by atoms with Gasteiger partial charge in [0.25, 0.3) is 0 Å². The van der Waals surface area contributed by atoms with E-state index in [2.05, 4.69) is 13.2 Å². The van der Waals surface area contributed by atoms with Crippen molar-refractivity contribution in [2.24, 2.45) is 0 Å². The highest BCUT2D eigenvalue weighted by Gasteiger charge is 2.06. The zero-order valence-corrected chi connectivity index (χ0v) is 11.1. The molecular formula is C13H22O5. The molecule has 18 heavy (non-hydrogen) atoms. The highest BCUT2D eigenvalue weighted by molar-refractivity contribution is 5.81. The predicted octanol–water partition coefficient (Wildman–Crippen LogP) is 1.69. The summed E-state index contributed by atoms with van der Waals surface area (Å²) in [6, 6.07) is 0. The van der Waals surface area contributed by atoms with E-state index in [9.17, 15) is 4.79 Å². The van der Waals surface area contributed by atoms with Crippen molar-refractivity contribution in [3.63, 3.8) is 0 Å². The van der Waals surface area contributed by atoms with Crippen molar-refractivity contribution in [1.29, 1.82) is 0 Å². The molecule has 0 radical (unpaired) electrons. The van der Waals surface area contributed by atoms with Crippen LogP contribution >= 0.6 is 0 Å². The molecule has 0 N–H and O–H groups in total. The summed E-state index contributed by atoms with van der Waals surface area (Å²) in [5.74, 6) is -0.447. The quantitative estimate of drug-likeness (QED) is 0.244. The highest BCUT2D eigenvalue weighted by atomic mass is 16.6. The molecule has 0 aliphatic carbocycles. The molecule has 0 fully saturated rings. The maximum atomic E-state index is 10.9. The van der Waals surface area contributed by atoms with Gasteiger partial charge in [0.15, 0.2) is 0 Å². The first-order valence-electron chi connectivity index (χ1n) is 5.85. The molecule has 0 aromatic heterocycles. The lowest BCUT2D eigenvalue weighted by Crippen LogP contribution is -2.22. The van der Waals surface area contributed by atoms with Crippen molar-refractivity contribution in [3.05, 3.63) is 25.5 Å². The van der Waals surface area contributed by atoms with E-state index in [1.165, 1.54) is 6.26 Å². The van der Waals surface area contributed by atoms with Gasteiger partial charge in [-0.2, -0.15) is 0 Å². The fraction of sp³-hybridized carbons (Fsp3) is 0.615. The summed E-state index contributed by atoms with van der Waals surface area (Å²) >= 11 is 0. The first kappa shape index (κ1) is 16.7. The van der Waals surface area contributed by atoms with Crippen molar-refractivity contribution >= 4 is 5.97 Å². The number of esters is 1. The van der Waals surface area contributed by atoms with Gasteiger partial charge in [-0.15, -0.1) is 0 Å². The second-order valence-electron chi connectivity index (χ2n) is 3.71. The summed E-state index contributed by atoms with van der Waals surface area (Å²) in [6.07, 6.45) is 2.20. The van der Waals surface area contributed by atoms with Gasteiger partial charge >= 0.3 is 5.97 Å². The van der Waals surface area contributed by atoms with Gasteiger partial charge in [-0.3, -0.25) is 0 Å². The van der Waals surface area contributed by atoms with Gasteiger partial charge in [-0.1, -0.05) is 13.2 Å². The van der Waals surface area contributed by atoms with Crippen LogP contribution in [0.25, 0.3) is 0 Å². The summed E-state index contributed by atoms with van der Waals surface area (Å²) in [5, 5.41) is 0. The summed E-state index contributed by atoms with van der Waals surface area (Å²) in [5.41, 5.74) is 0. The largest absolute Gasteiger partial charge is 0.499 e. The minimum atomic E-state index is -0.447. The van der Waals surface area contributed by atoms with E-state index in [0.29, 0.717) is 26.4 Å². The monoisotopic (exact) mass is 258 g/mol. The van der Waals surface area contributed by atoms with Gasteiger partial charge in [0.05, 0.1) is 32.2 Å². The van der Waals surface area contributed by atoms with Crippen LogP contribution in [0.4, 0.5) is 0 Å². The summed E-state index contributed by atoms with van der Waals surface area (Å²) in [4.78, 5) is 10.9. The van der Waals surface area contributed by atoms with Gasteiger partial charge < -0.3 is 18.9 Å². The average Bonchev–Trinajstić information content (AvgIpc) is 2.35. The summed E-state index contributed by atoms with van der Waals surface area (Å²) < 4.78 is 20.6. The Hall–Kier alpha value is -1.33. The van der Waals surface area contributed by atoms with Crippen molar-refractivity contribution in [2.45, 2.75) is 26.1 Å². The molecule has 0 spiro atoms. The Balaban J connectivity index is 3.41. The number of hydrogen-bond acceptors (Lipinski definition) is 5. The molecule has 5 nitrogen and oxygen atoms in total. The minimum Gasteiger partial charge on any atom is -0.499 e. The number of ether oxygens (including phenoxy) is 4. The Kier molecular flexibility index (Phi) is 10.0. The lowest BCUT2D eigenvalue weighted by atomic mass is 10.4. The van der Waals surface area contributed by atoms with Crippen LogP contribution in [0.1, 0.15) is 13.8 Å². The number of hydrogen-bond donors (Lipinski definition) is 0. The second-order valence-corrected chi connectivity index (χ2v) is 3.71. The van der Waals surface area contributed by atoms with E-state index in [1.54, 1.807) is 6.92 Å². The highest BCUT2D eigenvalue weighted by Crippen LogP contribution is 1.95. The van der Waals surface area contributed by atoms with Crippen LogP contribution in [-0.2, 0) is 23.7 Å². The van der Waals surface area contributed by atoms with Gasteiger partial charge in [0.2, 0.25) is 0 Å². The van der Waals surface area contributed by atoms with Crippen LogP contribution in [0.3, 0.4) is 0 Å². The van der Waals surface area contributed by atoms with E-state index >= 15 is 0 Å². The number of carbonyl (C=O) groups is 1. The Bertz CT molecular complexity index is 252. The van der Waals surface area contributed by atoms with Gasteiger partial charge in [-0.05, 0) is 13.8 Å². The van der Waals surface area contributed by atoms with Crippen LogP contribution in [0, 0.1) is 0 Å². The average molecular weight is 258 g/mol. The maximum Gasteiger partial charge on any atom is 0.330 e. The Morgan fingerprint density at radius 1 is 1.17 bits per heavy atom. The minimum absolute atomic E-state index is 0.0115. The second kappa shape index (κ2) is 10.8. The van der Waals surface area contributed by atoms with Gasteiger partial charge in [-0.25, -0.2) is 4.79 Å². The SMILES string of the molecule is C=COCC(C)OCCOCC(C)OC(=O)C=C. The van der Waals surface area contributed by atoms with Crippen LogP contribution in [0.5, 0.6) is 0 Å². The lowest BCUT2D eigenvalue weighted by Gasteiger charge is -2.14. The smallest absolute Gasteiger partial charge is 0.330 e. The first-order valence-corrected chi connectivity index (χ1v) is 5.85. The van der Waals surface area contributed by atoms with E-state index in [-0.39, 0.29) is 12.2 Å². The van der Waals surface area contributed by atoms with Crippen LogP contribution in [0.15, 0.2) is 25.5 Å². The lowest BCUT2D eigenvalue weighted by molar-refractivity contribution is -0.145. The molecule has 0 aromatic rings. The van der Waals surface area contributed by atoms with E-state index in [4.69, 9.17) is 18.9 Å². The maximum absolute atomic E-state index is 10.9. The number of rotatable bonds is 11. The van der Waals surface area contributed by atoms with Crippen molar-refractivity contribution in [3.8, 4) is 0 Å². The topological polar surface area (TPSA) is 54.0 Å². The third kappa shape index (κ3) is 9.86. The van der Waals surface area contributed by atoms with E-state index in [0.717, 1.165) is 6.08 Å². The van der Waals surface area contributed by atoms with Crippen LogP contribution < -0.4 is 0 Å². The molecule has 0 aliphatic rings. The fourth-order valence-electron chi connectivity index (χ4n) is 1.09. The zero-order valence-electron chi connectivity index (χ0n) is 11.1. The first-order chi connectivity index (χ1) is 8.60. The summed E-state index contributed by atoms with van der Waals surface area (Å²) in [7, 11) is 0. The predicted molar refractivity (Wildman–Crippen MR) is 68.1 cm³/mol. The fourth-order valence-corrected chi connectivity index (χ4v) is 1.09. The molecule has 0 aromatic carbocycles. The molecule has 2 unspecified atom stereocenters. The Labute approximate surface area is 108 Å². The molecule has 2 atom stereocenters. The van der Waals surface area contributed by atoms with Crippen LogP contribution in [-0.4, -0.2) is 44.6 Å². The Morgan fingerprint density at radius 3 is 2.50 bits per heavy atom.